The Morgan fingerprint density at radius 3 is 2.47 bits per heavy atom. The molecule has 0 aliphatic carbocycles. The molecule has 1 heterocycles. The summed E-state index contributed by atoms with van der Waals surface area (Å²) in [4.78, 5) is 4.35. The Balaban J connectivity index is 2.28. The largest absolute Gasteiger partial charge is 0.490 e. The fraction of sp³-hybridized carbons (Fsp3) is 0.667. The number of nitrogens with one attached hydrogen (secondary N) is 1. The zero-order valence-corrected chi connectivity index (χ0v) is 12.7. The van der Waals surface area contributed by atoms with Crippen molar-refractivity contribution in [1.82, 2.24) is 10.3 Å². The highest BCUT2D eigenvalue weighted by atomic mass is 16.5. The van der Waals surface area contributed by atoms with E-state index in [9.17, 15) is 0 Å². The lowest BCUT2D eigenvalue weighted by atomic mass is 10.2. The molecule has 1 aromatic rings. The van der Waals surface area contributed by atoms with Crippen LogP contribution in [0.2, 0.25) is 0 Å². The third kappa shape index (κ3) is 7.80. The van der Waals surface area contributed by atoms with Gasteiger partial charge in [0.2, 0.25) is 0 Å². The van der Waals surface area contributed by atoms with Gasteiger partial charge in [-0.1, -0.05) is 13.8 Å². The highest BCUT2D eigenvalue weighted by molar-refractivity contribution is 5.19. The van der Waals surface area contributed by atoms with E-state index in [0.29, 0.717) is 19.3 Å². The van der Waals surface area contributed by atoms with Crippen molar-refractivity contribution >= 4 is 0 Å². The summed E-state index contributed by atoms with van der Waals surface area (Å²) < 4.78 is 11.2. The van der Waals surface area contributed by atoms with E-state index in [1.54, 1.807) is 6.20 Å². The second-order valence-corrected chi connectivity index (χ2v) is 5.83. The van der Waals surface area contributed by atoms with Gasteiger partial charge < -0.3 is 14.8 Å². The Morgan fingerprint density at radius 2 is 1.95 bits per heavy atom. The number of hydrogen-bond donors (Lipinski definition) is 1. The van der Waals surface area contributed by atoms with Gasteiger partial charge in [-0.3, -0.25) is 4.98 Å². The van der Waals surface area contributed by atoms with Gasteiger partial charge in [-0.15, -0.1) is 0 Å². The Morgan fingerprint density at radius 1 is 1.21 bits per heavy atom. The molecule has 0 aliphatic heterocycles. The van der Waals surface area contributed by atoms with Crippen molar-refractivity contribution in [3.8, 4) is 5.75 Å². The minimum Gasteiger partial charge on any atom is -0.490 e. The summed E-state index contributed by atoms with van der Waals surface area (Å²) in [5.41, 5.74) is 0.903. The topological polar surface area (TPSA) is 43.4 Å². The van der Waals surface area contributed by atoms with Gasteiger partial charge in [0, 0.05) is 12.6 Å². The van der Waals surface area contributed by atoms with Gasteiger partial charge in [0.1, 0.15) is 12.4 Å². The van der Waals surface area contributed by atoms with Gasteiger partial charge in [0.15, 0.2) is 0 Å². The first-order valence-corrected chi connectivity index (χ1v) is 6.82. The average Bonchev–Trinajstić information content (AvgIpc) is 2.32. The molecule has 0 saturated heterocycles. The second kappa shape index (κ2) is 7.46. The SMILES string of the molecule is CC(C)NCc1ccc(OCCOC(C)(C)C)cn1. The molecule has 0 aliphatic rings. The van der Waals surface area contributed by atoms with Gasteiger partial charge in [-0.2, -0.15) is 0 Å². The number of nitrogens with zero attached hydrogens (tertiary/aromatic N) is 1. The van der Waals surface area contributed by atoms with Gasteiger partial charge in [-0.25, -0.2) is 0 Å². The monoisotopic (exact) mass is 266 g/mol. The van der Waals surface area contributed by atoms with E-state index in [-0.39, 0.29) is 5.60 Å². The number of hydrogen-bond acceptors (Lipinski definition) is 4. The molecule has 19 heavy (non-hydrogen) atoms. The van der Waals surface area contributed by atoms with Crippen LogP contribution >= 0.6 is 0 Å². The number of rotatable bonds is 7. The van der Waals surface area contributed by atoms with Crippen molar-refractivity contribution in [2.45, 2.75) is 52.8 Å². The van der Waals surface area contributed by atoms with Crippen LogP contribution in [0.1, 0.15) is 40.3 Å². The quantitative estimate of drug-likeness (QED) is 0.771. The Bertz CT molecular complexity index is 355. The Kier molecular flexibility index (Phi) is 6.25. The van der Waals surface area contributed by atoms with Gasteiger partial charge >= 0.3 is 0 Å². The third-order valence-corrected chi connectivity index (χ3v) is 2.38. The number of aromatic nitrogens is 1. The minimum absolute atomic E-state index is 0.117. The van der Waals surface area contributed by atoms with Gasteiger partial charge in [0.05, 0.1) is 24.1 Å². The first-order chi connectivity index (χ1) is 8.87. The van der Waals surface area contributed by atoms with E-state index in [1.807, 2.05) is 32.9 Å². The average molecular weight is 266 g/mol. The number of ether oxygens (including phenoxy) is 2. The summed E-state index contributed by atoms with van der Waals surface area (Å²) in [5, 5.41) is 3.33. The van der Waals surface area contributed by atoms with Crippen LogP contribution in [-0.2, 0) is 11.3 Å². The van der Waals surface area contributed by atoms with Crippen molar-refractivity contribution in [2.24, 2.45) is 0 Å². The Labute approximate surface area is 116 Å². The van der Waals surface area contributed by atoms with Crippen LogP contribution < -0.4 is 10.1 Å². The van der Waals surface area contributed by atoms with E-state index in [2.05, 4.69) is 24.1 Å². The minimum atomic E-state index is -0.117. The van der Waals surface area contributed by atoms with E-state index < -0.39 is 0 Å². The highest BCUT2D eigenvalue weighted by Crippen LogP contribution is 2.10. The van der Waals surface area contributed by atoms with Gasteiger partial charge in [-0.05, 0) is 32.9 Å². The van der Waals surface area contributed by atoms with E-state index >= 15 is 0 Å². The van der Waals surface area contributed by atoms with Gasteiger partial charge in [0.25, 0.3) is 0 Å². The molecule has 4 nitrogen and oxygen atoms in total. The van der Waals surface area contributed by atoms with Crippen molar-refractivity contribution in [2.75, 3.05) is 13.2 Å². The third-order valence-electron chi connectivity index (χ3n) is 2.38. The second-order valence-electron chi connectivity index (χ2n) is 5.83. The van der Waals surface area contributed by atoms with Crippen LogP contribution in [0.3, 0.4) is 0 Å². The molecule has 0 aromatic carbocycles. The summed E-state index contributed by atoms with van der Waals surface area (Å²) in [6.07, 6.45) is 1.76. The maximum Gasteiger partial charge on any atom is 0.137 e. The molecule has 0 radical (unpaired) electrons. The predicted molar refractivity (Wildman–Crippen MR) is 77.4 cm³/mol. The van der Waals surface area contributed by atoms with Crippen molar-refractivity contribution in [3.63, 3.8) is 0 Å². The summed E-state index contributed by atoms with van der Waals surface area (Å²) in [5.74, 6) is 0.783. The van der Waals surface area contributed by atoms with Crippen LogP contribution in [-0.4, -0.2) is 29.8 Å². The first kappa shape index (κ1) is 15.9. The molecule has 0 amide bonds. The van der Waals surface area contributed by atoms with Crippen LogP contribution in [0, 0.1) is 0 Å². The maximum atomic E-state index is 5.58. The van der Waals surface area contributed by atoms with Crippen LogP contribution in [0.25, 0.3) is 0 Å². The summed E-state index contributed by atoms with van der Waals surface area (Å²) in [6, 6.07) is 4.39. The number of pyridine rings is 1. The maximum absolute atomic E-state index is 5.58. The van der Waals surface area contributed by atoms with Crippen molar-refractivity contribution in [3.05, 3.63) is 24.0 Å². The molecular weight excluding hydrogens is 240 g/mol. The molecular formula is C15H26N2O2. The molecule has 0 spiro atoms. The zero-order chi connectivity index (χ0) is 14.3. The van der Waals surface area contributed by atoms with E-state index in [0.717, 1.165) is 18.0 Å². The van der Waals surface area contributed by atoms with Crippen LogP contribution in [0.4, 0.5) is 0 Å². The van der Waals surface area contributed by atoms with Crippen molar-refractivity contribution < 1.29 is 9.47 Å². The molecule has 108 valence electrons. The normalized spacial score (nSPS) is 11.9. The van der Waals surface area contributed by atoms with Crippen LogP contribution in [0.5, 0.6) is 5.75 Å². The molecule has 0 bridgehead atoms. The molecule has 0 fully saturated rings. The molecule has 1 aromatic heterocycles. The fourth-order valence-corrected chi connectivity index (χ4v) is 1.42. The van der Waals surface area contributed by atoms with E-state index in [1.165, 1.54) is 0 Å². The molecule has 0 unspecified atom stereocenters. The lowest BCUT2D eigenvalue weighted by molar-refractivity contribution is -0.0163. The molecule has 0 saturated carbocycles. The summed E-state index contributed by atoms with van der Waals surface area (Å²) in [7, 11) is 0. The van der Waals surface area contributed by atoms with E-state index in [4.69, 9.17) is 9.47 Å². The smallest absolute Gasteiger partial charge is 0.137 e. The van der Waals surface area contributed by atoms with Crippen molar-refractivity contribution in [1.29, 1.82) is 0 Å². The summed E-state index contributed by atoms with van der Waals surface area (Å²) >= 11 is 0. The molecule has 1 rings (SSSR count). The molecule has 4 heteroatoms. The first-order valence-electron chi connectivity index (χ1n) is 6.82. The lowest BCUT2D eigenvalue weighted by Gasteiger charge is -2.19. The summed E-state index contributed by atoms with van der Waals surface area (Å²) in [6.45, 7) is 12.2. The molecule has 0 atom stereocenters. The fourth-order valence-electron chi connectivity index (χ4n) is 1.42. The Hall–Kier alpha value is -1.13. The predicted octanol–water partition coefficient (Wildman–Crippen LogP) is 2.77. The van der Waals surface area contributed by atoms with Crippen LogP contribution in [0.15, 0.2) is 18.3 Å². The zero-order valence-electron chi connectivity index (χ0n) is 12.7. The lowest BCUT2D eigenvalue weighted by Crippen LogP contribution is -2.23. The molecule has 1 N–H and O–H groups in total. The highest BCUT2D eigenvalue weighted by Gasteiger charge is 2.09. The standard InChI is InChI=1S/C15H26N2O2/c1-12(2)16-10-13-6-7-14(11-17-13)18-8-9-19-15(3,4)5/h6-7,11-12,16H,8-10H2,1-5H3.